The third-order valence-corrected chi connectivity index (χ3v) is 5.57. The van der Waals surface area contributed by atoms with Gasteiger partial charge in [0.15, 0.2) is 5.13 Å². The van der Waals surface area contributed by atoms with Gasteiger partial charge in [-0.1, -0.05) is 29.0 Å². The van der Waals surface area contributed by atoms with Crippen LogP contribution in [0.15, 0.2) is 36.4 Å². The van der Waals surface area contributed by atoms with Gasteiger partial charge in [0.05, 0.1) is 16.8 Å². The average Bonchev–Trinajstić information content (AvgIpc) is 3.06. The average molecular weight is 398 g/mol. The van der Waals surface area contributed by atoms with Gasteiger partial charge in [0.25, 0.3) is 5.91 Å². The molecule has 0 aliphatic rings. The lowest BCUT2D eigenvalue weighted by Gasteiger charge is -2.23. The number of aromatic nitrogens is 1. The molecule has 2 aromatic carbocycles. The van der Waals surface area contributed by atoms with Crippen LogP contribution in [0.25, 0.3) is 10.2 Å². The maximum absolute atomic E-state index is 13.4. The molecule has 28 heavy (non-hydrogen) atoms. The number of nitrogens with zero attached hydrogens (tertiary/aromatic N) is 3. The zero-order chi connectivity index (χ0) is 20.3. The van der Waals surface area contributed by atoms with E-state index in [1.54, 1.807) is 4.90 Å². The molecule has 0 spiro atoms. The summed E-state index contributed by atoms with van der Waals surface area (Å²) < 4.78 is 6.62. The molecule has 1 amide bonds. The third kappa shape index (κ3) is 4.51. The Bertz CT molecular complexity index is 981. The first-order chi connectivity index (χ1) is 13.4. The van der Waals surface area contributed by atoms with Crippen LogP contribution < -0.4 is 9.64 Å². The molecular formula is C22H27N3O2S. The van der Waals surface area contributed by atoms with Gasteiger partial charge >= 0.3 is 0 Å². The molecular weight excluding hydrogens is 370 g/mol. The van der Waals surface area contributed by atoms with Crippen LogP contribution >= 0.6 is 11.3 Å². The maximum atomic E-state index is 13.4. The molecule has 3 rings (SSSR count). The monoisotopic (exact) mass is 397 g/mol. The lowest BCUT2D eigenvalue weighted by molar-refractivity contribution is 0.0984. The van der Waals surface area contributed by atoms with Gasteiger partial charge in [-0.3, -0.25) is 9.69 Å². The first kappa shape index (κ1) is 20.3. The Labute approximate surface area is 170 Å². The highest BCUT2D eigenvalue weighted by atomic mass is 32.1. The summed E-state index contributed by atoms with van der Waals surface area (Å²) >= 11 is 1.53. The van der Waals surface area contributed by atoms with Gasteiger partial charge in [-0.2, -0.15) is 0 Å². The number of ether oxygens (including phenoxy) is 1. The Morgan fingerprint density at radius 1 is 1.11 bits per heavy atom. The second-order valence-corrected chi connectivity index (χ2v) is 8.15. The molecule has 148 valence electrons. The topological polar surface area (TPSA) is 45.7 Å². The molecule has 0 saturated heterocycles. The minimum atomic E-state index is -0.00728. The Hall–Kier alpha value is -2.44. The molecule has 0 fully saturated rings. The van der Waals surface area contributed by atoms with Crippen LogP contribution in [-0.2, 0) is 0 Å². The molecule has 0 aliphatic heterocycles. The van der Waals surface area contributed by atoms with E-state index in [2.05, 4.69) is 4.90 Å². The number of carbonyl (C=O) groups excluding carboxylic acids is 1. The van der Waals surface area contributed by atoms with Gasteiger partial charge in [0.1, 0.15) is 5.75 Å². The molecule has 0 aliphatic carbocycles. The van der Waals surface area contributed by atoms with E-state index in [9.17, 15) is 4.79 Å². The van der Waals surface area contributed by atoms with E-state index in [0.29, 0.717) is 13.2 Å². The summed E-state index contributed by atoms with van der Waals surface area (Å²) in [7, 11) is 4.01. The second kappa shape index (κ2) is 8.71. The Morgan fingerprint density at radius 3 is 2.61 bits per heavy atom. The smallest absolute Gasteiger partial charge is 0.260 e. The summed E-state index contributed by atoms with van der Waals surface area (Å²) in [6, 6.07) is 11.9. The first-order valence-corrected chi connectivity index (χ1v) is 10.3. The number of aryl methyl sites for hydroxylation is 2. The summed E-state index contributed by atoms with van der Waals surface area (Å²) in [5.41, 5.74) is 3.66. The highest BCUT2D eigenvalue weighted by molar-refractivity contribution is 7.22. The van der Waals surface area contributed by atoms with E-state index in [1.807, 2.05) is 71.3 Å². The number of fused-ring (bicyclic) bond motifs is 1. The predicted octanol–water partition coefficient (Wildman–Crippen LogP) is 4.52. The van der Waals surface area contributed by atoms with Gasteiger partial charge < -0.3 is 9.64 Å². The fourth-order valence-corrected chi connectivity index (χ4v) is 3.98. The summed E-state index contributed by atoms with van der Waals surface area (Å²) in [6.07, 6.45) is 0. The van der Waals surface area contributed by atoms with E-state index in [-0.39, 0.29) is 5.91 Å². The standard InChI is InChI=1S/C22H27N3O2S/c1-6-27-17-9-10-19-20(14-17)28-22(23-19)25(12-11-24(4)5)21(26)18-13-15(2)7-8-16(18)3/h7-10,13-14H,6,11-12H2,1-5H3. The van der Waals surface area contributed by atoms with Crippen LogP contribution in [0.4, 0.5) is 5.13 Å². The van der Waals surface area contributed by atoms with Crippen molar-refractivity contribution in [3.05, 3.63) is 53.1 Å². The highest BCUT2D eigenvalue weighted by Gasteiger charge is 2.23. The fourth-order valence-electron chi connectivity index (χ4n) is 2.96. The van der Waals surface area contributed by atoms with Gasteiger partial charge in [-0.15, -0.1) is 0 Å². The zero-order valence-corrected chi connectivity index (χ0v) is 18.0. The largest absolute Gasteiger partial charge is 0.494 e. The minimum absolute atomic E-state index is 0.00728. The summed E-state index contributed by atoms with van der Waals surface area (Å²) in [5, 5.41) is 0.719. The molecule has 5 nitrogen and oxygen atoms in total. The van der Waals surface area contributed by atoms with E-state index in [4.69, 9.17) is 9.72 Å². The lowest BCUT2D eigenvalue weighted by Crippen LogP contribution is -2.37. The molecule has 3 aromatic rings. The third-order valence-electron chi connectivity index (χ3n) is 4.53. The quantitative estimate of drug-likeness (QED) is 0.588. The van der Waals surface area contributed by atoms with Crippen molar-refractivity contribution in [1.82, 2.24) is 9.88 Å². The number of likely N-dealkylation sites (N-methyl/N-ethyl adjacent to an activating group) is 1. The van der Waals surface area contributed by atoms with E-state index in [1.165, 1.54) is 11.3 Å². The SMILES string of the molecule is CCOc1ccc2nc(N(CCN(C)C)C(=O)c3cc(C)ccc3C)sc2c1. The van der Waals surface area contributed by atoms with Crippen molar-refractivity contribution in [3.8, 4) is 5.75 Å². The summed E-state index contributed by atoms with van der Waals surface area (Å²) in [5.74, 6) is 0.818. The number of anilines is 1. The van der Waals surface area contributed by atoms with Crippen LogP contribution in [0.1, 0.15) is 28.4 Å². The number of benzene rings is 2. The zero-order valence-electron chi connectivity index (χ0n) is 17.2. The summed E-state index contributed by atoms with van der Waals surface area (Å²) in [6.45, 7) is 7.91. The molecule has 0 atom stereocenters. The number of hydrogen-bond acceptors (Lipinski definition) is 5. The van der Waals surface area contributed by atoms with Crippen molar-refractivity contribution >= 4 is 32.6 Å². The normalized spacial score (nSPS) is 11.2. The van der Waals surface area contributed by atoms with E-state index < -0.39 is 0 Å². The van der Waals surface area contributed by atoms with Crippen LogP contribution in [-0.4, -0.2) is 49.6 Å². The number of thiazole rings is 1. The van der Waals surface area contributed by atoms with Crippen molar-refractivity contribution in [2.45, 2.75) is 20.8 Å². The number of carbonyl (C=O) groups is 1. The van der Waals surface area contributed by atoms with Crippen molar-refractivity contribution in [2.24, 2.45) is 0 Å². The Kier molecular flexibility index (Phi) is 6.31. The number of rotatable bonds is 7. The molecule has 1 heterocycles. The van der Waals surface area contributed by atoms with Crippen LogP contribution in [0, 0.1) is 13.8 Å². The maximum Gasteiger partial charge on any atom is 0.260 e. The van der Waals surface area contributed by atoms with Crippen molar-refractivity contribution < 1.29 is 9.53 Å². The molecule has 6 heteroatoms. The number of amides is 1. The van der Waals surface area contributed by atoms with Crippen molar-refractivity contribution in [2.75, 3.05) is 38.7 Å². The minimum Gasteiger partial charge on any atom is -0.494 e. The Morgan fingerprint density at radius 2 is 1.89 bits per heavy atom. The van der Waals surface area contributed by atoms with E-state index >= 15 is 0 Å². The van der Waals surface area contributed by atoms with Crippen molar-refractivity contribution in [1.29, 1.82) is 0 Å². The molecule has 0 unspecified atom stereocenters. The fraction of sp³-hybridized carbons (Fsp3) is 0.364. The first-order valence-electron chi connectivity index (χ1n) is 9.46. The Balaban J connectivity index is 2.00. The highest BCUT2D eigenvalue weighted by Crippen LogP contribution is 2.32. The van der Waals surface area contributed by atoms with Crippen molar-refractivity contribution in [3.63, 3.8) is 0 Å². The lowest BCUT2D eigenvalue weighted by atomic mass is 10.0. The van der Waals surface area contributed by atoms with Crippen LogP contribution in [0.3, 0.4) is 0 Å². The van der Waals surface area contributed by atoms with E-state index in [0.717, 1.165) is 44.3 Å². The predicted molar refractivity (Wildman–Crippen MR) is 117 cm³/mol. The van der Waals surface area contributed by atoms with Gasteiger partial charge in [0.2, 0.25) is 0 Å². The second-order valence-electron chi connectivity index (χ2n) is 7.14. The summed E-state index contributed by atoms with van der Waals surface area (Å²) in [4.78, 5) is 22.0. The van der Waals surface area contributed by atoms with Crippen LogP contribution in [0.5, 0.6) is 5.75 Å². The number of hydrogen-bond donors (Lipinski definition) is 0. The van der Waals surface area contributed by atoms with Crippen LogP contribution in [0.2, 0.25) is 0 Å². The van der Waals surface area contributed by atoms with Gasteiger partial charge in [-0.25, -0.2) is 4.98 Å². The van der Waals surface area contributed by atoms with Gasteiger partial charge in [0, 0.05) is 18.7 Å². The molecule has 0 N–H and O–H groups in total. The molecule has 0 radical (unpaired) electrons. The molecule has 1 aromatic heterocycles. The molecule has 0 saturated carbocycles. The van der Waals surface area contributed by atoms with Gasteiger partial charge in [-0.05, 0) is 64.7 Å². The molecule has 0 bridgehead atoms.